The van der Waals surface area contributed by atoms with Gasteiger partial charge in [0.2, 0.25) is 5.91 Å². The van der Waals surface area contributed by atoms with E-state index in [9.17, 15) is 4.79 Å². The molecule has 1 unspecified atom stereocenters. The van der Waals surface area contributed by atoms with Gasteiger partial charge in [-0.15, -0.1) is 0 Å². The van der Waals surface area contributed by atoms with Gasteiger partial charge in [0.1, 0.15) is 6.61 Å². The molecule has 2 rings (SSSR count). The molecule has 3 N–H and O–H groups in total. The van der Waals surface area contributed by atoms with E-state index in [2.05, 4.69) is 5.32 Å². The van der Waals surface area contributed by atoms with E-state index in [4.69, 9.17) is 15.2 Å². The number of amides is 1. The number of carbonyl (C=O) groups is 1. The second-order valence-corrected chi connectivity index (χ2v) is 4.27. The molecular weight excluding hydrogens is 232 g/mol. The van der Waals surface area contributed by atoms with Crippen molar-refractivity contribution in [2.24, 2.45) is 5.73 Å². The summed E-state index contributed by atoms with van der Waals surface area (Å²) in [6.07, 6.45) is 1.38. The summed E-state index contributed by atoms with van der Waals surface area (Å²) < 4.78 is 11.0. The van der Waals surface area contributed by atoms with Crippen molar-refractivity contribution in [2.75, 3.05) is 13.7 Å². The second kappa shape index (κ2) is 5.73. The molecular formula is C13H18N2O3. The van der Waals surface area contributed by atoms with Gasteiger partial charge in [0, 0.05) is 18.5 Å². The maximum atomic E-state index is 11.1. The summed E-state index contributed by atoms with van der Waals surface area (Å²) in [6, 6.07) is 5.70. The molecule has 18 heavy (non-hydrogen) atoms. The summed E-state index contributed by atoms with van der Waals surface area (Å²) in [4.78, 5) is 11.1. The van der Waals surface area contributed by atoms with Gasteiger partial charge >= 0.3 is 0 Å². The number of methoxy groups -OCH3 is 1. The maximum Gasteiger partial charge on any atom is 0.220 e. The fourth-order valence-electron chi connectivity index (χ4n) is 2.03. The number of benzene rings is 1. The van der Waals surface area contributed by atoms with E-state index >= 15 is 0 Å². The Balaban J connectivity index is 2.05. The monoisotopic (exact) mass is 250 g/mol. The molecule has 1 aromatic rings. The minimum Gasteiger partial charge on any atom is -0.493 e. The van der Waals surface area contributed by atoms with Gasteiger partial charge in [-0.3, -0.25) is 4.79 Å². The summed E-state index contributed by atoms with van der Waals surface area (Å²) in [7, 11) is 1.60. The van der Waals surface area contributed by atoms with Crippen LogP contribution in [0.4, 0.5) is 0 Å². The molecule has 0 aromatic heterocycles. The van der Waals surface area contributed by atoms with E-state index in [0.717, 1.165) is 12.0 Å². The molecule has 1 aliphatic rings. The van der Waals surface area contributed by atoms with Crippen molar-refractivity contribution in [1.82, 2.24) is 5.32 Å². The van der Waals surface area contributed by atoms with Crippen molar-refractivity contribution in [3.63, 3.8) is 0 Å². The molecule has 0 radical (unpaired) electrons. The summed E-state index contributed by atoms with van der Waals surface area (Å²) in [5.74, 6) is 1.42. The van der Waals surface area contributed by atoms with Crippen LogP contribution in [0, 0.1) is 0 Å². The Kier molecular flexibility index (Phi) is 4.04. The first-order valence-corrected chi connectivity index (χ1v) is 6.02. The van der Waals surface area contributed by atoms with Gasteiger partial charge < -0.3 is 20.5 Å². The van der Waals surface area contributed by atoms with E-state index < -0.39 is 0 Å². The average molecular weight is 250 g/mol. The molecule has 1 fully saturated rings. The van der Waals surface area contributed by atoms with Crippen LogP contribution in [0.15, 0.2) is 18.2 Å². The van der Waals surface area contributed by atoms with Crippen LogP contribution in [0.5, 0.6) is 11.5 Å². The van der Waals surface area contributed by atoms with Crippen molar-refractivity contribution in [3.8, 4) is 11.5 Å². The molecule has 0 aliphatic carbocycles. The predicted octanol–water partition coefficient (Wildman–Crippen LogP) is 0.811. The zero-order valence-electron chi connectivity index (χ0n) is 10.4. The van der Waals surface area contributed by atoms with Crippen molar-refractivity contribution in [3.05, 3.63) is 23.8 Å². The van der Waals surface area contributed by atoms with E-state index in [1.165, 1.54) is 0 Å². The smallest absolute Gasteiger partial charge is 0.220 e. The van der Waals surface area contributed by atoms with Gasteiger partial charge in [-0.25, -0.2) is 0 Å². The summed E-state index contributed by atoms with van der Waals surface area (Å²) >= 11 is 0. The molecule has 0 saturated carbocycles. The first-order chi connectivity index (χ1) is 8.74. The summed E-state index contributed by atoms with van der Waals surface area (Å²) in [5.41, 5.74) is 6.58. The number of hydrogen-bond acceptors (Lipinski definition) is 4. The van der Waals surface area contributed by atoms with Crippen LogP contribution in [0.3, 0.4) is 0 Å². The number of nitrogens with two attached hydrogens (primary N) is 1. The first kappa shape index (κ1) is 12.7. The van der Waals surface area contributed by atoms with Gasteiger partial charge in [0.15, 0.2) is 11.5 Å². The molecule has 1 heterocycles. The number of nitrogens with one attached hydrogen (secondary N) is 1. The van der Waals surface area contributed by atoms with Crippen LogP contribution in [0.2, 0.25) is 0 Å². The van der Waals surface area contributed by atoms with E-state index in [1.54, 1.807) is 7.11 Å². The Bertz CT molecular complexity index is 412. The molecule has 0 bridgehead atoms. The van der Waals surface area contributed by atoms with Crippen molar-refractivity contribution in [2.45, 2.75) is 25.4 Å². The van der Waals surface area contributed by atoms with Gasteiger partial charge in [-0.05, 0) is 12.5 Å². The van der Waals surface area contributed by atoms with E-state index in [0.29, 0.717) is 31.1 Å². The second-order valence-electron chi connectivity index (χ2n) is 4.27. The van der Waals surface area contributed by atoms with E-state index in [1.807, 2.05) is 18.2 Å². The lowest BCUT2D eigenvalue weighted by atomic mass is 10.2. The van der Waals surface area contributed by atoms with Crippen LogP contribution in [-0.2, 0) is 11.3 Å². The third-order valence-electron chi connectivity index (χ3n) is 3.01. The zero-order chi connectivity index (χ0) is 13.0. The third-order valence-corrected chi connectivity index (χ3v) is 3.01. The Labute approximate surface area is 106 Å². The Hall–Kier alpha value is -1.75. The quantitative estimate of drug-likeness (QED) is 0.811. The predicted molar refractivity (Wildman–Crippen MR) is 67.5 cm³/mol. The Morgan fingerprint density at radius 1 is 1.50 bits per heavy atom. The highest BCUT2D eigenvalue weighted by Gasteiger charge is 2.22. The summed E-state index contributed by atoms with van der Waals surface area (Å²) in [5, 5.41) is 2.86. The van der Waals surface area contributed by atoms with Gasteiger partial charge in [-0.1, -0.05) is 12.1 Å². The number of hydrogen-bond donors (Lipinski definition) is 2. The SMILES string of the molecule is COc1cccc(CN)c1OCC1CCC(=O)N1. The number of para-hydroxylation sites is 1. The minimum atomic E-state index is 0.0769. The molecule has 1 atom stereocenters. The molecule has 1 amide bonds. The Morgan fingerprint density at radius 2 is 2.33 bits per heavy atom. The fraction of sp³-hybridized carbons (Fsp3) is 0.462. The lowest BCUT2D eigenvalue weighted by Gasteiger charge is -2.16. The molecule has 5 nitrogen and oxygen atoms in total. The standard InChI is InChI=1S/C13H18N2O3/c1-17-11-4-2-3-9(7-14)13(11)18-8-10-5-6-12(16)15-10/h2-4,10H,5-8,14H2,1H3,(H,15,16). The summed E-state index contributed by atoms with van der Waals surface area (Å²) in [6.45, 7) is 0.836. The maximum absolute atomic E-state index is 11.1. The van der Waals surface area contributed by atoms with Crippen molar-refractivity contribution < 1.29 is 14.3 Å². The zero-order valence-corrected chi connectivity index (χ0v) is 10.4. The molecule has 1 saturated heterocycles. The van der Waals surface area contributed by atoms with E-state index in [-0.39, 0.29) is 11.9 Å². The van der Waals surface area contributed by atoms with Crippen LogP contribution >= 0.6 is 0 Å². The van der Waals surface area contributed by atoms with Crippen molar-refractivity contribution in [1.29, 1.82) is 0 Å². The highest BCUT2D eigenvalue weighted by molar-refractivity contribution is 5.78. The molecule has 98 valence electrons. The van der Waals surface area contributed by atoms with Crippen LogP contribution in [-0.4, -0.2) is 25.7 Å². The van der Waals surface area contributed by atoms with Gasteiger partial charge in [0.05, 0.1) is 13.2 Å². The lowest BCUT2D eigenvalue weighted by Crippen LogP contribution is -2.31. The van der Waals surface area contributed by atoms with Gasteiger partial charge in [-0.2, -0.15) is 0 Å². The normalized spacial score (nSPS) is 18.6. The molecule has 5 heteroatoms. The van der Waals surface area contributed by atoms with Crippen LogP contribution in [0.25, 0.3) is 0 Å². The molecule has 0 spiro atoms. The largest absolute Gasteiger partial charge is 0.493 e. The van der Waals surface area contributed by atoms with Crippen molar-refractivity contribution >= 4 is 5.91 Å². The molecule has 1 aromatic carbocycles. The van der Waals surface area contributed by atoms with Crippen LogP contribution in [0.1, 0.15) is 18.4 Å². The van der Waals surface area contributed by atoms with Gasteiger partial charge in [0.25, 0.3) is 0 Å². The first-order valence-electron chi connectivity index (χ1n) is 6.02. The number of rotatable bonds is 5. The lowest BCUT2D eigenvalue weighted by molar-refractivity contribution is -0.119. The number of ether oxygens (including phenoxy) is 2. The van der Waals surface area contributed by atoms with Crippen LogP contribution < -0.4 is 20.5 Å². The molecule has 1 aliphatic heterocycles. The Morgan fingerprint density at radius 3 is 2.94 bits per heavy atom. The average Bonchev–Trinajstić information content (AvgIpc) is 2.81. The topological polar surface area (TPSA) is 73.6 Å². The third kappa shape index (κ3) is 2.73. The number of carbonyl (C=O) groups excluding carboxylic acids is 1. The highest BCUT2D eigenvalue weighted by atomic mass is 16.5. The highest BCUT2D eigenvalue weighted by Crippen LogP contribution is 2.31. The fourth-order valence-corrected chi connectivity index (χ4v) is 2.03. The minimum absolute atomic E-state index is 0.0769.